The highest BCUT2D eigenvalue weighted by molar-refractivity contribution is 8.15. The lowest BCUT2D eigenvalue weighted by atomic mass is 10.2. The number of amidine groups is 1. The Hall–Kier alpha value is -3.24. The molecule has 0 aromatic heterocycles. The number of halogens is 1. The van der Waals surface area contributed by atoms with Gasteiger partial charge in [0.05, 0.1) is 11.1 Å². The molecule has 2 N–H and O–H groups in total. The van der Waals surface area contributed by atoms with Crippen LogP contribution in [0.3, 0.4) is 0 Å². The minimum absolute atomic E-state index is 0.0350. The summed E-state index contributed by atoms with van der Waals surface area (Å²) in [7, 11) is 0. The van der Waals surface area contributed by atoms with Crippen molar-refractivity contribution in [3.05, 3.63) is 69.2 Å². The molecule has 3 rings (SSSR count). The summed E-state index contributed by atoms with van der Waals surface area (Å²) in [4.78, 5) is 34.4. The molecule has 0 aliphatic carbocycles. The van der Waals surface area contributed by atoms with Crippen molar-refractivity contribution in [1.29, 1.82) is 0 Å². The summed E-state index contributed by atoms with van der Waals surface area (Å²) in [5, 5.41) is 23.9. The molecule has 1 fully saturated rings. The van der Waals surface area contributed by atoms with Crippen LogP contribution in [-0.2, 0) is 9.59 Å². The fourth-order valence-corrected chi connectivity index (χ4v) is 3.42. The molecule has 1 aliphatic heterocycles. The van der Waals surface area contributed by atoms with Crippen LogP contribution in [0.5, 0.6) is 0 Å². The summed E-state index contributed by atoms with van der Waals surface area (Å²) >= 11 is 6.89. The first-order valence-corrected chi connectivity index (χ1v) is 9.55. The average molecular weight is 432 g/mol. The van der Waals surface area contributed by atoms with Crippen molar-refractivity contribution >= 4 is 57.9 Å². The molecule has 0 bridgehead atoms. The number of hydrogen-bond donors (Lipinski definition) is 2. The summed E-state index contributed by atoms with van der Waals surface area (Å²) in [5.74, 6) is -0.660. The van der Waals surface area contributed by atoms with E-state index in [-0.39, 0.29) is 29.1 Å². The van der Waals surface area contributed by atoms with Crippen LogP contribution >= 0.6 is 23.4 Å². The second-order valence-corrected chi connectivity index (χ2v) is 7.48. The summed E-state index contributed by atoms with van der Waals surface area (Å²) in [6, 6.07) is 12.5. The summed E-state index contributed by atoms with van der Waals surface area (Å²) in [6.07, 6.45) is 1.31. The van der Waals surface area contributed by atoms with Gasteiger partial charge in [0.25, 0.3) is 5.69 Å². The third-order valence-corrected chi connectivity index (χ3v) is 5.04. The number of anilines is 1. The van der Waals surface area contributed by atoms with E-state index in [2.05, 4.69) is 20.8 Å². The van der Waals surface area contributed by atoms with Crippen LogP contribution < -0.4 is 10.6 Å². The lowest BCUT2D eigenvalue weighted by Crippen LogP contribution is -2.28. The van der Waals surface area contributed by atoms with E-state index in [0.29, 0.717) is 16.3 Å². The van der Waals surface area contributed by atoms with Crippen molar-refractivity contribution in [3.63, 3.8) is 0 Å². The van der Waals surface area contributed by atoms with Crippen molar-refractivity contribution in [2.45, 2.75) is 11.7 Å². The number of nitrogens with zero attached hydrogens (tertiary/aromatic N) is 3. The van der Waals surface area contributed by atoms with Crippen LogP contribution in [0, 0.1) is 10.1 Å². The number of rotatable bonds is 6. The smallest absolute Gasteiger partial charge is 0.270 e. The molecule has 0 radical (unpaired) electrons. The number of amides is 2. The van der Waals surface area contributed by atoms with Gasteiger partial charge in [-0.05, 0) is 24.3 Å². The van der Waals surface area contributed by atoms with Gasteiger partial charge in [-0.15, -0.1) is 5.10 Å². The Kier molecular flexibility index (Phi) is 6.57. The predicted octanol–water partition coefficient (Wildman–Crippen LogP) is 3.20. The second kappa shape index (κ2) is 9.30. The van der Waals surface area contributed by atoms with Crippen LogP contribution in [-0.4, -0.2) is 33.4 Å². The Morgan fingerprint density at radius 3 is 2.79 bits per heavy atom. The molecule has 29 heavy (non-hydrogen) atoms. The molecule has 11 heteroatoms. The summed E-state index contributed by atoms with van der Waals surface area (Å²) in [5.41, 5.74) is 1.02. The number of hydrogen-bond acceptors (Lipinski definition) is 7. The fraction of sp³-hybridized carbons (Fsp3) is 0.111. The first kappa shape index (κ1) is 20.5. The maximum Gasteiger partial charge on any atom is 0.270 e. The zero-order valence-corrected chi connectivity index (χ0v) is 16.3. The lowest BCUT2D eigenvalue weighted by molar-refractivity contribution is -0.384. The Balaban J connectivity index is 1.56. The number of carbonyl (C=O) groups excluding carboxylic acids is 2. The van der Waals surface area contributed by atoms with Crippen molar-refractivity contribution in [1.82, 2.24) is 5.32 Å². The molecule has 2 aromatic carbocycles. The van der Waals surface area contributed by atoms with E-state index in [1.807, 2.05) is 0 Å². The fourth-order valence-electron chi connectivity index (χ4n) is 2.37. The third-order valence-electron chi connectivity index (χ3n) is 3.71. The van der Waals surface area contributed by atoms with Crippen LogP contribution in [0.25, 0.3) is 0 Å². The molecular formula is C18H14ClN5O4S. The van der Waals surface area contributed by atoms with Gasteiger partial charge in [0.2, 0.25) is 11.8 Å². The van der Waals surface area contributed by atoms with Gasteiger partial charge in [-0.25, -0.2) is 0 Å². The number of nitro benzene ring substituents is 1. The standard InChI is InChI=1S/C18H14ClN5O4S/c19-12-4-6-13(7-5-12)21-16(25)9-15-17(26)22-18(29-15)23-20-10-11-2-1-3-14(8-11)24(27)28/h1-8,10,15H,9H2,(H,21,25)(H,22,23,26)/b20-10-/t15-/m0/s1. The quantitative estimate of drug-likeness (QED) is 0.412. The molecule has 0 unspecified atom stereocenters. The molecule has 9 nitrogen and oxygen atoms in total. The monoisotopic (exact) mass is 431 g/mol. The number of non-ortho nitro benzene ring substituents is 1. The number of nitro groups is 1. The number of nitrogens with one attached hydrogen (secondary N) is 2. The molecule has 148 valence electrons. The van der Waals surface area contributed by atoms with E-state index >= 15 is 0 Å². The zero-order chi connectivity index (χ0) is 20.8. The zero-order valence-electron chi connectivity index (χ0n) is 14.7. The minimum atomic E-state index is -0.630. The van der Waals surface area contributed by atoms with E-state index in [4.69, 9.17) is 11.6 Å². The topological polar surface area (TPSA) is 126 Å². The number of thioether (sulfide) groups is 1. The minimum Gasteiger partial charge on any atom is -0.326 e. The van der Waals surface area contributed by atoms with Crippen LogP contribution in [0.2, 0.25) is 5.02 Å². The number of benzene rings is 2. The Morgan fingerprint density at radius 2 is 2.07 bits per heavy atom. The van der Waals surface area contributed by atoms with Gasteiger partial charge < -0.3 is 10.6 Å². The van der Waals surface area contributed by atoms with Gasteiger partial charge in [-0.1, -0.05) is 35.5 Å². The van der Waals surface area contributed by atoms with Crippen molar-refractivity contribution in [2.24, 2.45) is 10.2 Å². The predicted molar refractivity (Wildman–Crippen MR) is 112 cm³/mol. The Bertz CT molecular complexity index is 1010. The highest BCUT2D eigenvalue weighted by atomic mass is 35.5. The number of carbonyl (C=O) groups is 2. The molecule has 1 aliphatic rings. The van der Waals surface area contributed by atoms with Gasteiger partial charge in [-0.2, -0.15) is 5.10 Å². The highest BCUT2D eigenvalue weighted by Gasteiger charge is 2.32. The molecule has 1 heterocycles. The van der Waals surface area contributed by atoms with E-state index < -0.39 is 10.2 Å². The third kappa shape index (κ3) is 5.87. The molecule has 0 spiro atoms. The summed E-state index contributed by atoms with van der Waals surface area (Å²) in [6.45, 7) is 0. The van der Waals surface area contributed by atoms with Gasteiger partial charge in [0.1, 0.15) is 5.25 Å². The Morgan fingerprint density at radius 1 is 1.31 bits per heavy atom. The average Bonchev–Trinajstić information content (AvgIpc) is 3.03. The van der Waals surface area contributed by atoms with Crippen LogP contribution in [0.15, 0.2) is 58.7 Å². The largest absolute Gasteiger partial charge is 0.326 e. The first-order chi connectivity index (χ1) is 13.9. The van der Waals surface area contributed by atoms with E-state index in [1.165, 1.54) is 24.4 Å². The van der Waals surface area contributed by atoms with E-state index in [1.54, 1.807) is 30.3 Å². The first-order valence-electron chi connectivity index (χ1n) is 8.29. The van der Waals surface area contributed by atoms with Crippen LogP contribution in [0.4, 0.5) is 11.4 Å². The maximum atomic E-state index is 12.1. The van der Waals surface area contributed by atoms with E-state index in [0.717, 1.165) is 11.8 Å². The van der Waals surface area contributed by atoms with Crippen LogP contribution in [0.1, 0.15) is 12.0 Å². The van der Waals surface area contributed by atoms with Gasteiger partial charge >= 0.3 is 0 Å². The van der Waals surface area contributed by atoms with E-state index in [9.17, 15) is 19.7 Å². The van der Waals surface area contributed by atoms with Gasteiger partial charge in [-0.3, -0.25) is 19.7 Å². The van der Waals surface area contributed by atoms with Crippen molar-refractivity contribution in [2.75, 3.05) is 5.32 Å². The van der Waals surface area contributed by atoms with Crippen molar-refractivity contribution in [3.8, 4) is 0 Å². The molecule has 2 amide bonds. The van der Waals surface area contributed by atoms with Gasteiger partial charge in [0.15, 0.2) is 5.17 Å². The summed E-state index contributed by atoms with van der Waals surface area (Å²) < 4.78 is 0. The maximum absolute atomic E-state index is 12.1. The highest BCUT2D eigenvalue weighted by Crippen LogP contribution is 2.23. The molecular weight excluding hydrogens is 418 g/mol. The molecule has 1 atom stereocenters. The molecule has 0 saturated carbocycles. The van der Waals surface area contributed by atoms with Gasteiger partial charge in [0, 0.05) is 34.8 Å². The normalized spacial score (nSPS) is 17.5. The SMILES string of the molecule is O=C(C[C@@H]1S/C(=N/N=C\c2cccc([N+](=O)[O-])c2)NC1=O)Nc1ccc(Cl)cc1. The van der Waals surface area contributed by atoms with Crippen molar-refractivity contribution < 1.29 is 14.5 Å². The Labute approximate surface area is 174 Å². The molecule has 1 saturated heterocycles. The second-order valence-electron chi connectivity index (χ2n) is 5.86. The lowest BCUT2D eigenvalue weighted by Gasteiger charge is -2.07. The molecule has 2 aromatic rings.